The minimum absolute atomic E-state index is 0.131. The average Bonchev–Trinajstić information content (AvgIpc) is 2.60. The third kappa shape index (κ3) is 2.10. The molecule has 0 atom stereocenters. The van der Waals surface area contributed by atoms with Crippen LogP contribution in [0.1, 0.15) is 10.4 Å². The number of hydrogen-bond acceptors (Lipinski definition) is 2. The maximum atomic E-state index is 12.2. The highest BCUT2D eigenvalue weighted by molar-refractivity contribution is 6.15. The largest absolute Gasteiger partial charge is 0.507 e. The first-order valence-electron chi connectivity index (χ1n) is 7.69. The molecule has 0 spiro atoms. The van der Waals surface area contributed by atoms with Crippen LogP contribution in [0, 0.1) is 0 Å². The fourth-order valence-electron chi connectivity index (χ4n) is 3.29. The molecule has 0 radical (unpaired) electrons. The standard InChI is InChI=1S/C21H15NO2/c22-21(24)20-16-8-4-2-5-13(16)9-11-17(20)19-15-7-3-1-6-14(15)10-12-18(19)23/h1-12,23H,(H2,22,24). The van der Waals surface area contributed by atoms with E-state index < -0.39 is 5.91 Å². The van der Waals surface area contributed by atoms with Crippen LogP contribution in [0.5, 0.6) is 5.75 Å². The van der Waals surface area contributed by atoms with Gasteiger partial charge in [-0.05, 0) is 33.2 Å². The lowest BCUT2D eigenvalue weighted by atomic mass is 9.90. The summed E-state index contributed by atoms with van der Waals surface area (Å²) in [4.78, 5) is 12.2. The fourth-order valence-corrected chi connectivity index (χ4v) is 3.29. The van der Waals surface area contributed by atoms with Crippen LogP contribution >= 0.6 is 0 Å². The molecule has 4 aromatic rings. The van der Waals surface area contributed by atoms with Crippen molar-refractivity contribution >= 4 is 27.5 Å². The smallest absolute Gasteiger partial charge is 0.249 e. The van der Waals surface area contributed by atoms with Crippen LogP contribution in [0.15, 0.2) is 72.8 Å². The molecule has 24 heavy (non-hydrogen) atoms. The first-order valence-corrected chi connectivity index (χ1v) is 7.69. The molecular weight excluding hydrogens is 298 g/mol. The number of benzene rings is 4. The number of primary amides is 1. The van der Waals surface area contributed by atoms with Crippen molar-refractivity contribution < 1.29 is 9.90 Å². The van der Waals surface area contributed by atoms with E-state index in [9.17, 15) is 9.90 Å². The Hall–Kier alpha value is -3.33. The van der Waals surface area contributed by atoms with Crippen molar-refractivity contribution in [1.29, 1.82) is 0 Å². The van der Waals surface area contributed by atoms with Gasteiger partial charge in [0.05, 0.1) is 5.56 Å². The molecule has 0 aliphatic rings. The zero-order valence-electron chi connectivity index (χ0n) is 12.9. The van der Waals surface area contributed by atoms with E-state index >= 15 is 0 Å². The third-order valence-electron chi connectivity index (χ3n) is 4.35. The van der Waals surface area contributed by atoms with Crippen molar-refractivity contribution in [1.82, 2.24) is 0 Å². The number of carbonyl (C=O) groups is 1. The Morgan fingerprint density at radius 2 is 1.33 bits per heavy atom. The highest BCUT2D eigenvalue weighted by Gasteiger charge is 2.18. The van der Waals surface area contributed by atoms with Crippen LogP contribution in [0.2, 0.25) is 0 Å². The fraction of sp³-hybridized carbons (Fsp3) is 0. The van der Waals surface area contributed by atoms with E-state index in [0.29, 0.717) is 16.7 Å². The lowest BCUT2D eigenvalue weighted by Crippen LogP contribution is -2.13. The molecular formula is C21H15NO2. The number of aromatic hydroxyl groups is 1. The minimum atomic E-state index is -0.505. The van der Waals surface area contributed by atoms with Gasteiger partial charge in [0.25, 0.3) is 0 Å². The Morgan fingerprint density at radius 3 is 2.04 bits per heavy atom. The monoisotopic (exact) mass is 313 g/mol. The summed E-state index contributed by atoms with van der Waals surface area (Å²) in [5.74, 6) is -0.374. The summed E-state index contributed by atoms with van der Waals surface area (Å²) in [6.07, 6.45) is 0. The Labute approximate surface area is 139 Å². The van der Waals surface area contributed by atoms with Crippen LogP contribution in [-0.4, -0.2) is 11.0 Å². The van der Waals surface area contributed by atoms with E-state index in [4.69, 9.17) is 5.73 Å². The zero-order valence-corrected chi connectivity index (χ0v) is 12.9. The molecule has 0 bridgehead atoms. The van der Waals surface area contributed by atoms with E-state index in [2.05, 4.69) is 0 Å². The molecule has 0 aliphatic carbocycles. The first-order chi connectivity index (χ1) is 11.7. The van der Waals surface area contributed by atoms with Crippen LogP contribution in [0.3, 0.4) is 0 Å². The van der Waals surface area contributed by atoms with E-state index in [-0.39, 0.29) is 5.75 Å². The van der Waals surface area contributed by atoms with Crippen molar-refractivity contribution in [2.45, 2.75) is 0 Å². The van der Waals surface area contributed by atoms with Gasteiger partial charge in [-0.25, -0.2) is 0 Å². The summed E-state index contributed by atoms with van der Waals surface area (Å²) >= 11 is 0. The second-order valence-electron chi connectivity index (χ2n) is 5.75. The quantitative estimate of drug-likeness (QED) is 0.573. The predicted molar refractivity (Wildman–Crippen MR) is 97.1 cm³/mol. The van der Waals surface area contributed by atoms with Gasteiger partial charge in [-0.15, -0.1) is 0 Å². The molecule has 116 valence electrons. The number of amides is 1. The van der Waals surface area contributed by atoms with Crippen LogP contribution in [-0.2, 0) is 0 Å². The van der Waals surface area contributed by atoms with Crippen molar-refractivity contribution in [3.8, 4) is 16.9 Å². The normalized spacial score (nSPS) is 11.0. The topological polar surface area (TPSA) is 63.3 Å². The van der Waals surface area contributed by atoms with Gasteiger partial charge in [0.2, 0.25) is 5.91 Å². The van der Waals surface area contributed by atoms with Gasteiger partial charge in [-0.3, -0.25) is 4.79 Å². The Bertz CT molecular complexity index is 1100. The van der Waals surface area contributed by atoms with Crippen LogP contribution in [0.4, 0.5) is 0 Å². The minimum Gasteiger partial charge on any atom is -0.507 e. The molecule has 3 nitrogen and oxygen atoms in total. The molecule has 4 aromatic carbocycles. The number of fused-ring (bicyclic) bond motifs is 2. The van der Waals surface area contributed by atoms with Gasteiger partial charge in [0.15, 0.2) is 0 Å². The number of carbonyl (C=O) groups excluding carboxylic acids is 1. The summed E-state index contributed by atoms with van der Waals surface area (Å²) in [5, 5.41) is 14.1. The number of phenols is 1. The SMILES string of the molecule is NC(=O)c1c(-c2c(O)ccc3ccccc23)ccc2ccccc12. The lowest BCUT2D eigenvalue weighted by molar-refractivity contribution is 0.100. The maximum absolute atomic E-state index is 12.2. The molecule has 0 fully saturated rings. The molecule has 3 N–H and O–H groups in total. The highest BCUT2D eigenvalue weighted by atomic mass is 16.3. The number of phenolic OH excluding ortho intramolecular Hbond substituents is 1. The summed E-state index contributed by atoms with van der Waals surface area (Å²) in [5.41, 5.74) is 7.40. The average molecular weight is 313 g/mol. The molecule has 0 aromatic heterocycles. The number of nitrogens with two attached hydrogens (primary N) is 1. The van der Waals surface area contributed by atoms with E-state index in [0.717, 1.165) is 21.5 Å². The highest BCUT2D eigenvalue weighted by Crippen LogP contribution is 2.40. The van der Waals surface area contributed by atoms with Gasteiger partial charge in [-0.2, -0.15) is 0 Å². The summed E-state index contributed by atoms with van der Waals surface area (Å²) in [6, 6.07) is 22.7. The molecule has 1 amide bonds. The molecule has 0 heterocycles. The molecule has 3 heteroatoms. The molecule has 4 rings (SSSR count). The maximum Gasteiger partial charge on any atom is 0.249 e. The van der Waals surface area contributed by atoms with Crippen molar-refractivity contribution in [2.24, 2.45) is 5.73 Å². The second kappa shape index (κ2) is 5.39. The summed E-state index contributed by atoms with van der Waals surface area (Å²) in [6.45, 7) is 0. The number of hydrogen-bond donors (Lipinski definition) is 2. The Kier molecular flexibility index (Phi) is 3.21. The van der Waals surface area contributed by atoms with E-state index in [1.54, 1.807) is 6.07 Å². The van der Waals surface area contributed by atoms with Crippen molar-refractivity contribution in [3.63, 3.8) is 0 Å². The van der Waals surface area contributed by atoms with Gasteiger partial charge in [-0.1, -0.05) is 66.7 Å². The molecule has 0 saturated carbocycles. The summed E-state index contributed by atoms with van der Waals surface area (Å²) < 4.78 is 0. The second-order valence-corrected chi connectivity index (χ2v) is 5.75. The van der Waals surface area contributed by atoms with Crippen molar-refractivity contribution in [2.75, 3.05) is 0 Å². The number of rotatable bonds is 2. The van der Waals surface area contributed by atoms with E-state index in [1.165, 1.54) is 0 Å². The van der Waals surface area contributed by atoms with Gasteiger partial charge >= 0.3 is 0 Å². The zero-order chi connectivity index (χ0) is 16.7. The van der Waals surface area contributed by atoms with E-state index in [1.807, 2.05) is 66.7 Å². The van der Waals surface area contributed by atoms with Gasteiger partial charge in [0.1, 0.15) is 5.75 Å². The molecule has 0 unspecified atom stereocenters. The van der Waals surface area contributed by atoms with Crippen LogP contribution < -0.4 is 5.73 Å². The first kappa shape index (κ1) is 14.3. The van der Waals surface area contributed by atoms with Gasteiger partial charge < -0.3 is 10.8 Å². The summed E-state index contributed by atoms with van der Waals surface area (Å²) in [7, 11) is 0. The predicted octanol–water partition coefficient (Wildman–Crippen LogP) is 4.46. The Balaban J connectivity index is 2.17. The van der Waals surface area contributed by atoms with Gasteiger partial charge in [0, 0.05) is 5.56 Å². The third-order valence-corrected chi connectivity index (χ3v) is 4.35. The van der Waals surface area contributed by atoms with Crippen molar-refractivity contribution in [3.05, 3.63) is 78.4 Å². The van der Waals surface area contributed by atoms with Crippen LogP contribution in [0.25, 0.3) is 32.7 Å². The molecule has 0 saturated heterocycles. The Morgan fingerprint density at radius 1 is 0.750 bits per heavy atom. The molecule has 0 aliphatic heterocycles. The lowest BCUT2D eigenvalue weighted by Gasteiger charge is -2.14.